The van der Waals surface area contributed by atoms with Crippen LogP contribution in [-0.4, -0.2) is 38.0 Å². The summed E-state index contributed by atoms with van der Waals surface area (Å²) < 4.78 is 5.14. The van der Waals surface area contributed by atoms with Crippen molar-refractivity contribution in [3.63, 3.8) is 0 Å². The molecule has 6 heteroatoms. The summed E-state index contributed by atoms with van der Waals surface area (Å²) in [6.45, 7) is -0.193. The molecule has 14 heavy (non-hydrogen) atoms. The minimum atomic E-state index is -0.659. The van der Waals surface area contributed by atoms with Gasteiger partial charge in [0, 0.05) is 11.7 Å². The van der Waals surface area contributed by atoms with E-state index >= 15 is 0 Å². The summed E-state index contributed by atoms with van der Waals surface area (Å²) in [4.78, 5) is 4.36. The summed E-state index contributed by atoms with van der Waals surface area (Å²) in [6, 6.07) is 0. The highest BCUT2D eigenvalue weighted by molar-refractivity contribution is 8.00. The number of thioether (sulfide) groups is 1. The number of nitrogens with zero attached hydrogens (tertiary/aromatic N) is 2. The van der Waals surface area contributed by atoms with Crippen molar-refractivity contribution in [3.8, 4) is 0 Å². The van der Waals surface area contributed by atoms with E-state index in [1.54, 1.807) is 0 Å². The van der Waals surface area contributed by atoms with E-state index in [-0.39, 0.29) is 6.61 Å². The molecule has 1 aliphatic carbocycles. The van der Waals surface area contributed by atoms with E-state index in [1.165, 1.54) is 36.1 Å². The molecule has 0 saturated heterocycles. The Balaban J connectivity index is 1.83. The summed E-state index contributed by atoms with van der Waals surface area (Å²) in [5.41, 5.74) is 0. The van der Waals surface area contributed by atoms with E-state index in [9.17, 15) is 0 Å². The average Bonchev–Trinajstić information content (AvgIpc) is 2.95. The first kappa shape index (κ1) is 10.4. The third-order valence-electron chi connectivity index (χ3n) is 1.98. The zero-order valence-corrected chi connectivity index (χ0v) is 9.22. The highest BCUT2D eigenvalue weighted by Crippen LogP contribution is 2.39. The normalized spacial score (nSPS) is 18.4. The van der Waals surface area contributed by atoms with Crippen molar-refractivity contribution in [1.82, 2.24) is 9.36 Å². The molecule has 0 radical (unpaired) electrons. The maximum atomic E-state index is 9.13. The Bertz CT molecular complexity index is 301. The minimum Gasteiger partial charge on any atom is -0.394 e. The van der Waals surface area contributed by atoms with Crippen molar-refractivity contribution in [2.24, 2.45) is 0 Å². The molecular formula is C8H12N2O2S2. The fourth-order valence-corrected chi connectivity index (χ4v) is 2.63. The lowest BCUT2D eigenvalue weighted by Gasteiger charge is -2.02. The molecule has 0 amide bonds. The maximum Gasteiger partial charge on any atom is 0.170 e. The summed E-state index contributed by atoms with van der Waals surface area (Å²) >= 11 is 2.83. The first-order chi connectivity index (χ1) is 6.79. The van der Waals surface area contributed by atoms with Gasteiger partial charge in [0.15, 0.2) is 4.34 Å². The second kappa shape index (κ2) is 4.57. The zero-order chi connectivity index (χ0) is 9.97. The van der Waals surface area contributed by atoms with E-state index in [4.69, 9.17) is 10.2 Å². The standard InChI is InChI=1S/C8H12N2O2S2/c11-3-6(12)4-13-8-9-7(10-14-8)5-1-2-5/h5-6,11-12H,1-4H2. The van der Waals surface area contributed by atoms with E-state index in [0.29, 0.717) is 11.7 Å². The molecular weight excluding hydrogens is 220 g/mol. The van der Waals surface area contributed by atoms with Gasteiger partial charge < -0.3 is 10.2 Å². The van der Waals surface area contributed by atoms with Crippen LogP contribution in [0.15, 0.2) is 4.34 Å². The second-order valence-electron chi connectivity index (χ2n) is 3.34. The van der Waals surface area contributed by atoms with Crippen LogP contribution in [0, 0.1) is 0 Å². The fraction of sp³-hybridized carbons (Fsp3) is 0.750. The topological polar surface area (TPSA) is 66.2 Å². The molecule has 4 nitrogen and oxygen atoms in total. The average molecular weight is 232 g/mol. The number of hydrogen-bond donors (Lipinski definition) is 2. The Hall–Kier alpha value is -0.170. The third kappa shape index (κ3) is 2.66. The molecule has 78 valence electrons. The van der Waals surface area contributed by atoms with Crippen LogP contribution < -0.4 is 0 Å². The van der Waals surface area contributed by atoms with Gasteiger partial charge >= 0.3 is 0 Å². The summed E-state index contributed by atoms with van der Waals surface area (Å²) in [7, 11) is 0. The lowest BCUT2D eigenvalue weighted by Crippen LogP contribution is -2.14. The number of rotatable bonds is 5. The van der Waals surface area contributed by atoms with Crippen molar-refractivity contribution in [3.05, 3.63) is 5.82 Å². The minimum absolute atomic E-state index is 0.193. The number of aliphatic hydroxyl groups is 2. The maximum absolute atomic E-state index is 9.13. The van der Waals surface area contributed by atoms with E-state index in [2.05, 4.69) is 9.36 Å². The number of aliphatic hydroxyl groups excluding tert-OH is 2. The first-order valence-electron chi connectivity index (χ1n) is 4.55. The first-order valence-corrected chi connectivity index (χ1v) is 6.31. The van der Waals surface area contributed by atoms with Gasteiger partial charge in [-0.05, 0) is 24.4 Å². The molecule has 1 fully saturated rings. The molecule has 2 N–H and O–H groups in total. The molecule has 1 saturated carbocycles. The predicted octanol–water partition coefficient (Wildman–Crippen LogP) is 0.861. The van der Waals surface area contributed by atoms with Gasteiger partial charge in [0.2, 0.25) is 0 Å². The van der Waals surface area contributed by atoms with Crippen LogP contribution in [0.3, 0.4) is 0 Å². The molecule has 1 heterocycles. The Kier molecular flexibility index (Phi) is 3.38. The highest BCUT2D eigenvalue weighted by atomic mass is 32.2. The number of hydrogen-bond acceptors (Lipinski definition) is 6. The smallest absolute Gasteiger partial charge is 0.170 e. The number of aromatic nitrogens is 2. The molecule has 1 unspecified atom stereocenters. The Morgan fingerprint density at radius 1 is 1.57 bits per heavy atom. The lowest BCUT2D eigenvalue weighted by molar-refractivity contribution is 0.113. The van der Waals surface area contributed by atoms with Gasteiger partial charge in [-0.1, -0.05) is 11.8 Å². The fourth-order valence-electron chi connectivity index (χ4n) is 1.01. The third-order valence-corrected chi connectivity index (χ3v) is 3.97. The van der Waals surface area contributed by atoms with Crippen LogP contribution in [0.1, 0.15) is 24.6 Å². The van der Waals surface area contributed by atoms with Crippen molar-refractivity contribution in [1.29, 1.82) is 0 Å². The van der Waals surface area contributed by atoms with Gasteiger partial charge in [-0.25, -0.2) is 4.98 Å². The largest absolute Gasteiger partial charge is 0.394 e. The van der Waals surface area contributed by atoms with E-state index in [0.717, 1.165) is 10.2 Å². The molecule has 0 spiro atoms. The lowest BCUT2D eigenvalue weighted by atomic mass is 10.4. The van der Waals surface area contributed by atoms with Gasteiger partial charge in [0.1, 0.15) is 5.82 Å². The molecule has 1 aromatic rings. The van der Waals surface area contributed by atoms with Crippen molar-refractivity contribution in [2.75, 3.05) is 12.4 Å². The second-order valence-corrected chi connectivity index (χ2v) is 5.36. The molecule has 2 rings (SSSR count). The molecule has 1 aliphatic rings. The molecule has 0 aliphatic heterocycles. The van der Waals surface area contributed by atoms with Gasteiger partial charge in [-0.2, -0.15) is 4.37 Å². The van der Waals surface area contributed by atoms with Gasteiger partial charge in [0.25, 0.3) is 0 Å². The Morgan fingerprint density at radius 3 is 3.00 bits per heavy atom. The summed E-state index contributed by atoms with van der Waals surface area (Å²) in [5.74, 6) is 2.02. The van der Waals surface area contributed by atoms with E-state index < -0.39 is 6.10 Å². The SMILES string of the molecule is OCC(O)CSc1nc(C2CC2)ns1. The van der Waals surface area contributed by atoms with Crippen molar-refractivity contribution >= 4 is 23.3 Å². The molecule has 0 bridgehead atoms. The predicted molar refractivity (Wildman–Crippen MR) is 55.7 cm³/mol. The van der Waals surface area contributed by atoms with Crippen LogP contribution >= 0.6 is 23.3 Å². The monoisotopic (exact) mass is 232 g/mol. The van der Waals surface area contributed by atoms with Gasteiger partial charge in [-0.15, -0.1) is 0 Å². The van der Waals surface area contributed by atoms with E-state index in [1.807, 2.05) is 0 Å². The Labute approximate surface area is 90.5 Å². The zero-order valence-electron chi connectivity index (χ0n) is 7.59. The van der Waals surface area contributed by atoms with Gasteiger partial charge in [0.05, 0.1) is 12.7 Å². The highest BCUT2D eigenvalue weighted by Gasteiger charge is 2.27. The van der Waals surface area contributed by atoms with Crippen LogP contribution in [0.25, 0.3) is 0 Å². The van der Waals surface area contributed by atoms with Crippen LogP contribution in [0.5, 0.6) is 0 Å². The quantitative estimate of drug-likeness (QED) is 0.737. The van der Waals surface area contributed by atoms with Crippen molar-refractivity contribution < 1.29 is 10.2 Å². The van der Waals surface area contributed by atoms with Crippen LogP contribution in [0.4, 0.5) is 0 Å². The Morgan fingerprint density at radius 2 is 2.36 bits per heavy atom. The molecule has 1 atom stereocenters. The molecule has 1 aromatic heterocycles. The van der Waals surface area contributed by atoms with Crippen molar-refractivity contribution in [2.45, 2.75) is 29.2 Å². The summed E-state index contributed by atoms with van der Waals surface area (Å²) in [5, 5.41) is 17.8. The van der Waals surface area contributed by atoms with Crippen LogP contribution in [0.2, 0.25) is 0 Å². The van der Waals surface area contributed by atoms with Gasteiger partial charge in [-0.3, -0.25) is 0 Å². The molecule has 0 aromatic carbocycles. The summed E-state index contributed by atoms with van der Waals surface area (Å²) in [6.07, 6.45) is 1.76. The van der Waals surface area contributed by atoms with Crippen LogP contribution in [-0.2, 0) is 0 Å².